The van der Waals surface area contributed by atoms with Crippen LogP contribution in [0.3, 0.4) is 0 Å². The molecule has 2 atom stereocenters. The third-order valence-electron chi connectivity index (χ3n) is 12.6. The van der Waals surface area contributed by atoms with Gasteiger partial charge in [0.15, 0.2) is 12.3 Å². The standard InChI is InChI=1S/C50H51Cl2N13O11/c1-62-25-29(52)20-36(48(62)72)64-41(27-9-11-28(51)12-10-27)42-40(49(64)73)59-43(34-24-57-50(75-3)60-45(34)74-2)63(42)19-7-17-54-22-30(61-53)23-56-37(66)8-5-4-6-18-55-39(68)26-76-31-13-14-32-33(21-31)47(71)65(46(32)70)35-15-16-38(67)58-44(35)69/h9-14,20-22,24-25,35,41H,4-8,15-19,23,26,53H2,1-3H3,(H,55,68)(H,56,66)(H,58,67,69)/b54-22?,61-30+. The smallest absolute Gasteiger partial charge is 0.319 e. The molecule has 3 aliphatic rings. The highest BCUT2D eigenvalue weighted by molar-refractivity contribution is 6.32. The number of piperidine rings is 1. The molecule has 0 bridgehead atoms. The number of unbranched alkanes of at least 4 members (excludes halogenated alkanes) is 2. The number of imidazole rings is 1. The third kappa shape index (κ3) is 11.6. The summed E-state index contributed by atoms with van der Waals surface area (Å²) >= 11 is 12.8. The van der Waals surface area contributed by atoms with Gasteiger partial charge in [-0.05, 0) is 67.6 Å². The number of aliphatic imine (C=N–C) groups is 1. The van der Waals surface area contributed by atoms with Crippen molar-refractivity contribution in [3.8, 4) is 29.0 Å². The number of methoxy groups -OCH3 is 2. The normalized spacial score (nSPS) is 16.3. The Balaban J connectivity index is 0.819. The van der Waals surface area contributed by atoms with Crippen molar-refractivity contribution >= 4 is 82.2 Å². The number of hydrazone groups is 1. The molecule has 5 aromatic rings. The molecule has 1 saturated heterocycles. The van der Waals surface area contributed by atoms with Crippen LogP contribution in [0.1, 0.15) is 93.4 Å². The van der Waals surface area contributed by atoms with E-state index >= 15 is 0 Å². The number of anilines is 1. The monoisotopic (exact) mass is 1080 g/mol. The highest BCUT2D eigenvalue weighted by Crippen LogP contribution is 2.44. The summed E-state index contributed by atoms with van der Waals surface area (Å²) in [5, 5.41) is 12.2. The van der Waals surface area contributed by atoms with Crippen molar-refractivity contribution in [1.29, 1.82) is 0 Å². The lowest BCUT2D eigenvalue weighted by atomic mass is 10.0. The zero-order chi connectivity index (χ0) is 54.2. The molecule has 76 heavy (non-hydrogen) atoms. The fourth-order valence-corrected chi connectivity index (χ4v) is 9.29. The van der Waals surface area contributed by atoms with E-state index in [0.717, 1.165) is 4.90 Å². The van der Waals surface area contributed by atoms with Crippen molar-refractivity contribution in [1.82, 2.24) is 44.9 Å². The number of aromatic nitrogens is 5. The summed E-state index contributed by atoms with van der Waals surface area (Å²) in [7, 11) is 4.40. The zero-order valence-electron chi connectivity index (χ0n) is 41.3. The lowest BCUT2D eigenvalue weighted by Gasteiger charge is -2.27. The van der Waals surface area contributed by atoms with Crippen LogP contribution in [0.5, 0.6) is 17.6 Å². The summed E-state index contributed by atoms with van der Waals surface area (Å²) in [5.41, 5.74) is 1.60. The number of nitrogens with two attached hydrogens (primary N) is 1. The minimum Gasteiger partial charge on any atom is -0.484 e. The first-order valence-electron chi connectivity index (χ1n) is 23.9. The SMILES string of the molecule is COc1ncc(-c2nc3c(n2CCCN=C/C(CNC(=O)CCCCCNC(=O)COc2ccc4c(c2)C(=O)N(C2CCC(=O)NC2=O)C4=O)=N\N)C(c2ccc(Cl)cc2)N(c2cc(Cl)cn(C)c2=O)C3=O)c(OC)n1. The van der Waals surface area contributed by atoms with Crippen LogP contribution in [-0.2, 0) is 32.8 Å². The Kier molecular flexibility index (Phi) is 16.8. The van der Waals surface area contributed by atoms with Gasteiger partial charge in [-0.15, -0.1) is 0 Å². The number of imide groups is 2. The van der Waals surface area contributed by atoms with Gasteiger partial charge in [0, 0.05) is 63.2 Å². The Morgan fingerprint density at radius 2 is 1.64 bits per heavy atom. The van der Waals surface area contributed by atoms with Crippen LogP contribution in [0.4, 0.5) is 5.69 Å². The molecular formula is C50H51Cl2N13O11. The van der Waals surface area contributed by atoms with E-state index in [1.807, 2.05) is 4.57 Å². The summed E-state index contributed by atoms with van der Waals surface area (Å²) in [4.78, 5) is 124. The molecule has 5 N–H and O–H groups in total. The molecule has 0 spiro atoms. The molecule has 2 unspecified atom stereocenters. The van der Waals surface area contributed by atoms with Crippen LogP contribution in [0.25, 0.3) is 11.4 Å². The first-order valence-corrected chi connectivity index (χ1v) is 24.7. The largest absolute Gasteiger partial charge is 0.484 e. The average molecular weight is 1080 g/mol. The number of hydrogen-bond donors (Lipinski definition) is 4. The molecule has 2 aromatic carbocycles. The maximum absolute atomic E-state index is 14.6. The molecule has 7 amide bonds. The molecule has 1 fully saturated rings. The van der Waals surface area contributed by atoms with Gasteiger partial charge in [0.1, 0.15) is 29.3 Å². The summed E-state index contributed by atoms with van der Waals surface area (Å²) in [6.45, 7) is 0.480. The lowest BCUT2D eigenvalue weighted by molar-refractivity contribution is -0.136. The van der Waals surface area contributed by atoms with Crippen molar-refractivity contribution < 1.29 is 47.8 Å². The Hall–Kier alpha value is -8.51. The number of benzene rings is 2. The van der Waals surface area contributed by atoms with E-state index in [2.05, 4.69) is 36.0 Å². The second kappa shape index (κ2) is 23.8. The molecule has 3 aliphatic heterocycles. The van der Waals surface area contributed by atoms with Crippen molar-refractivity contribution in [3.63, 3.8) is 0 Å². The number of amides is 7. The third-order valence-corrected chi connectivity index (χ3v) is 13.1. The average Bonchev–Trinajstić information content (AvgIpc) is 4.07. The van der Waals surface area contributed by atoms with Gasteiger partial charge in [-0.3, -0.25) is 58.5 Å². The van der Waals surface area contributed by atoms with Crippen molar-refractivity contribution in [2.45, 2.75) is 63.6 Å². The van der Waals surface area contributed by atoms with Gasteiger partial charge < -0.3 is 39.8 Å². The van der Waals surface area contributed by atoms with Gasteiger partial charge >= 0.3 is 6.01 Å². The summed E-state index contributed by atoms with van der Waals surface area (Å²) in [5.74, 6) is 2.57. The number of fused-ring (bicyclic) bond motifs is 2. The second-order valence-corrected chi connectivity index (χ2v) is 18.5. The van der Waals surface area contributed by atoms with Gasteiger partial charge in [0.2, 0.25) is 23.6 Å². The molecular weight excluding hydrogens is 1030 g/mol. The fraction of sp³-hybridized carbons (Fsp3) is 0.340. The zero-order valence-corrected chi connectivity index (χ0v) is 42.9. The van der Waals surface area contributed by atoms with E-state index in [9.17, 15) is 38.4 Å². The van der Waals surface area contributed by atoms with E-state index in [1.54, 1.807) is 31.3 Å². The Morgan fingerprint density at radius 3 is 2.38 bits per heavy atom. The number of nitrogens with one attached hydrogen (secondary N) is 3. The van der Waals surface area contributed by atoms with Crippen molar-refractivity contribution in [2.75, 3.05) is 45.4 Å². The topological polar surface area (TPSA) is 306 Å². The number of hydrogen-bond acceptors (Lipinski definition) is 17. The van der Waals surface area contributed by atoms with E-state index in [0.29, 0.717) is 65.6 Å². The second-order valence-electron chi connectivity index (χ2n) is 17.6. The number of nitrogens with zero attached hydrogens (tertiary/aromatic N) is 9. The number of halogens is 2. The summed E-state index contributed by atoms with van der Waals surface area (Å²) in [6, 6.07) is 10.6. The minimum atomic E-state index is -1.10. The van der Waals surface area contributed by atoms with Gasteiger partial charge in [0.05, 0.1) is 53.9 Å². The molecule has 396 valence electrons. The number of carbonyl (C=O) groups is 7. The van der Waals surface area contributed by atoms with Crippen LogP contribution in [0.2, 0.25) is 10.0 Å². The van der Waals surface area contributed by atoms with Gasteiger partial charge in [-0.1, -0.05) is 41.8 Å². The molecule has 0 radical (unpaired) electrons. The Morgan fingerprint density at radius 1 is 0.868 bits per heavy atom. The molecule has 26 heteroatoms. The van der Waals surface area contributed by atoms with Crippen molar-refractivity contribution in [2.24, 2.45) is 23.0 Å². The lowest BCUT2D eigenvalue weighted by Crippen LogP contribution is -2.54. The summed E-state index contributed by atoms with van der Waals surface area (Å²) in [6.07, 6.45) is 6.78. The molecule has 24 nitrogen and oxygen atoms in total. The number of carbonyl (C=O) groups excluding carboxylic acids is 7. The Labute approximate surface area is 443 Å². The van der Waals surface area contributed by atoms with E-state index in [-0.39, 0.29) is 96.6 Å². The first kappa shape index (κ1) is 53.8. The minimum absolute atomic E-state index is 0.000455. The molecule has 8 rings (SSSR count). The van der Waals surface area contributed by atoms with E-state index in [4.69, 9.17) is 48.2 Å². The number of rotatable bonds is 22. The van der Waals surface area contributed by atoms with Crippen LogP contribution in [0.15, 0.2) is 75.8 Å². The number of ether oxygens (including phenoxy) is 3. The molecule has 0 saturated carbocycles. The predicted octanol–water partition coefficient (Wildman–Crippen LogP) is 3.16. The van der Waals surface area contributed by atoms with E-state index < -0.39 is 53.1 Å². The number of aryl methyl sites for hydroxylation is 1. The van der Waals surface area contributed by atoms with Crippen LogP contribution in [0, 0.1) is 0 Å². The van der Waals surface area contributed by atoms with Crippen molar-refractivity contribution in [3.05, 3.63) is 109 Å². The Bertz CT molecular complexity index is 3250. The maximum atomic E-state index is 14.6. The predicted molar refractivity (Wildman–Crippen MR) is 276 cm³/mol. The van der Waals surface area contributed by atoms with Crippen LogP contribution in [-0.4, -0.2) is 129 Å². The van der Waals surface area contributed by atoms with Crippen LogP contribution < -0.4 is 46.5 Å². The van der Waals surface area contributed by atoms with Gasteiger partial charge in [-0.25, -0.2) is 9.97 Å². The highest BCUT2D eigenvalue weighted by atomic mass is 35.5. The molecule has 3 aromatic heterocycles. The molecule has 6 heterocycles. The fourth-order valence-electron chi connectivity index (χ4n) is 8.92. The summed E-state index contributed by atoms with van der Waals surface area (Å²) < 4.78 is 19.6. The van der Waals surface area contributed by atoms with Gasteiger partial charge in [-0.2, -0.15) is 10.1 Å². The quantitative estimate of drug-likeness (QED) is 0.0254. The maximum Gasteiger partial charge on any atom is 0.319 e. The first-order chi connectivity index (χ1) is 36.6. The number of pyridine rings is 1. The van der Waals surface area contributed by atoms with E-state index in [1.165, 1.54) is 66.6 Å². The molecule has 0 aliphatic carbocycles. The highest BCUT2D eigenvalue weighted by Gasteiger charge is 2.47. The van der Waals surface area contributed by atoms with Crippen LogP contribution >= 0.6 is 23.2 Å². The van der Waals surface area contributed by atoms with Gasteiger partial charge in [0.25, 0.3) is 29.2 Å².